The highest BCUT2D eigenvalue weighted by Crippen LogP contribution is 2.31. The van der Waals surface area contributed by atoms with Gasteiger partial charge in [0.05, 0.1) is 5.69 Å². The Labute approximate surface area is 149 Å². The lowest BCUT2D eigenvalue weighted by atomic mass is 10.1. The van der Waals surface area contributed by atoms with Gasteiger partial charge in [-0.15, -0.1) is 0 Å². The number of benzene rings is 2. The molecule has 26 heavy (non-hydrogen) atoms. The maximum Gasteiger partial charge on any atom is 0.265 e. The number of carbonyl (C=O) groups is 2. The largest absolute Gasteiger partial charge is 0.482 e. The number of rotatable bonds is 6. The summed E-state index contributed by atoms with van der Waals surface area (Å²) in [5.74, 6) is -1.11. The highest BCUT2D eigenvalue weighted by molar-refractivity contribution is 5.98. The van der Waals surface area contributed by atoms with Gasteiger partial charge in [0.1, 0.15) is 17.4 Å². The van der Waals surface area contributed by atoms with Crippen LogP contribution in [0.2, 0.25) is 0 Å². The monoisotopic (exact) mass is 360 g/mol. The van der Waals surface area contributed by atoms with Crippen LogP contribution >= 0.6 is 0 Å². The molecule has 0 saturated carbocycles. The molecule has 1 aliphatic rings. The first-order valence-corrected chi connectivity index (χ1v) is 8.27. The SMILES string of the molecule is O=C(CCN1C(=O)COc2ccccc21)NCCc1cc(F)cc(F)c1. The molecule has 7 heteroatoms. The van der Waals surface area contributed by atoms with Crippen molar-refractivity contribution in [3.63, 3.8) is 0 Å². The zero-order valence-corrected chi connectivity index (χ0v) is 14.0. The van der Waals surface area contributed by atoms with Gasteiger partial charge in [-0.2, -0.15) is 0 Å². The van der Waals surface area contributed by atoms with E-state index in [-0.39, 0.29) is 37.9 Å². The van der Waals surface area contributed by atoms with Gasteiger partial charge in [-0.05, 0) is 36.2 Å². The van der Waals surface area contributed by atoms with Crippen molar-refractivity contribution in [2.75, 3.05) is 24.6 Å². The van der Waals surface area contributed by atoms with Crippen LogP contribution in [0.1, 0.15) is 12.0 Å². The number of hydrogen-bond donors (Lipinski definition) is 1. The minimum absolute atomic E-state index is 0.0518. The van der Waals surface area contributed by atoms with E-state index in [1.807, 2.05) is 6.07 Å². The molecule has 136 valence electrons. The molecule has 0 unspecified atom stereocenters. The summed E-state index contributed by atoms with van der Waals surface area (Å²) in [5.41, 5.74) is 1.12. The lowest BCUT2D eigenvalue weighted by Gasteiger charge is -2.29. The molecule has 2 aromatic rings. The second-order valence-corrected chi connectivity index (χ2v) is 5.93. The first kappa shape index (κ1) is 17.8. The summed E-state index contributed by atoms with van der Waals surface area (Å²) < 4.78 is 31.6. The first-order valence-electron chi connectivity index (χ1n) is 8.27. The van der Waals surface area contributed by atoms with E-state index in [1.54, 1.807) is 18.2 Å². The van der Waals surface area contributed by atoms with Crippen molar-refractivity contribution in [3.05, 3.63) is 59.7 Å². The van der Waals surface area contributed by atoms with Crippen molar-refractivity contribution in [2.45, 2.75) is 12.8 Å². The highest BCUT2D eigenvalue weighted by atomic mass is 19.1. The molecule has 0 aromatic heterocycles. The van der Waals surface area contributed by atoms with Crippen molar-refractivity contribution in [1.29, 1.82) is 0 Å². The van der Waals surface area contributed by atoms with E-state index in [0.29, 0.717) is 23.4 Å². The molecule has 0 radical (unpaired) electrons. The number of fused-ring (bicyclic) bond motifs is 1. The van der Waals surface area contributed by atoms with Gasteiger partial charge in [-0.3, -0.25) is 9.59 Å². The summed E-state index contributed by atoms with van der Waals surface area (Å²) in [6.07, 6.45) is 0.442. The zero-order valence-electron chi connectivity index (χ0n) is 14.0. The molecule has 0 spiro atoms. The van der Waals surface area contributed by atoms with Crippen LogP contribution in [0, 0.1) is 11.6 Å². The number of ether oxygens (including phenoxy) is 1. The van der Waals surface area contributed by atoms with Crippen LogP contribution in [0.3, 0.4) is 0 Å². The van der Waals surface area contributed by atoms with Crippen molar-refractivity contribution in [1.82, 2.24) is 5.32 Å². The minimum atomic E-state index is -0.643. The molecule has 0 bridgehead atoms. The van der Waals surface area contributed by atoms with Crippen LogP contribution in [0.15, 0.2) is 42.5 Å². The van der Waals surface area contributed by atoms with Gasteiger partial charge >= 0.3 is 0 Å². The maximum atomic E-state index is 13.1. The Morgan fingerprint density at radius 2 is 1.88 bits per heavy atom. The number of nitrogens with one attached hydrogen (secondary N) is 1. The Balaban J connectivity index is 1.49. The smallest absolute Gasteiger partial charge is 0.265 e. The Bertz CT molecular complexity index is 806. The molecule has 0 aliphatic carbocycles. The summed E-state index contributed by atoms with van der Waals surface area (Å²) >= 11 is 0. The lowest BCUT2D eigenvalue weighted by molar-refractivity contribution is -0.122. The van der Waals surface area contributed by atoms with E-state index in [4.69, 9.17) is 4.74 Å². The summed E-state index contributed by atoms with van der Waals surface area (Å²) in [7, 11) is 0. The topological polar surface area (TPSA) is 58.6 Å². The predicted molar refractivity (Wildman–Crippen MR) is 92.0 cm³/mol. The number of para-hydroxylation sites is 2. The van der Waals surface area contributed by atoms with E-state index < -0.39 is 11.6 Å². The third-order valence-corrected chi connectivity index (χ3v) is 4.03. The van der Waals surface area contributed by atoms with Gasteiger partial charge in [-0.1, -0.05) is 12.1 Å². The number of amides is 2. The summed E-state index contributed by atoms with van der Waals surface area (Å²) in [5, 5.41) is 2.70. The van der Waals surface area contributed by atoms with Gasteiger partial charge in [0.15, 0.2) is 6.61 Å². The molecular weight excluding hydrogens is 342 g/mol. The maximum absolute atomic E-state index is 13.1. The molecule has 1 heterocycles. The van der Waals surface area contributed by atoms with Crippen LogP contribution in [-0.2, 0) is 16.0 Å². The van der Waals surface area contributed by atoms with Crippen molar-refractivity contribution < 1.29 is 23.1 Å². The minimum Gasteiger partial charge on any atom is -0.482 e. The summed E-state index contributed by atoms with van der Waals surface area (Å²) in [6.45, 7) is 0.443. The Morgan fingerprint density at radius 1 is 1.15 bits per heavy atom. The molecule has 0 atom stereocenters. The molecule has 1 N–H and O–H groups in total. The Kier molecular flexibility index (Phi) is 5.46. The third kappa shape index (κ3) is 4.36. The quantitative estimate of drug-likeness (QED) is 0.861. The van der Waals surface area contributed by atoms with E-state index in [2.05, 4.69) is 5.32 Å². The lowest BCUT2D eigenvalue weighted by Crippen LogP contribution is -2.41. The van der Waals surface area contributed by atoms with Gasteiger partial charge < -0.3 is 15.0 Å². The average molecular weight is 360 g/mol. The zero-order chi connectivity index (χ0) is 18.5. The van der Waals surface area contributed by atoms with E-state index in [9.17, 15) is 18.4 Å². The molecule has 0 saturated heterocycles. The number of carbonyl (C=O) groups excluding carboxylic acids is 2. The van der Waals surface area contributed by atoms with Crippen molar-refractivity contribution in [2.24, 2.45) is 0 Å². The van der Waals surface area contributed by atoms with E-state index in [0.717, 1.165) is 6.07 Å². The van der Waals surface area contributed by atoms with Gasteiger partial charge in [-0.25, -0.2) is 8.78 Å². The highest BCUT2D eigenvalue weighted by Gasteiger charge is 2.25. The van der Waals surface area contributed by atoms with Crippen LogP contribution in [0.4, 0.5) is 14.5 Å². The normalized spacial score (nSPS) is 13.2. The second-order valence-electron chi connectivity index (χ2n) is 5.93. The molecule has 3 rings (SSSR count). The third-order valence-electron chi connectivity index (χ3n) is 4.03. The van der Waals surface area contributed by atoms with Gasteiger partial charge in [0.25, 0.3) is 5.91 Å². The predicted octanol–water partition coefficient (Wildman–Crippen LogP) is 2.44. The molecule has 2 aromatic carbocycles. The summed E-state index contributed by atoms with van der Waals surface area (Å²) in [4.78, 5) is 25.6. The van der Waals surface area contributed by atoms with Crippen LogP contribution in [-0.4, -0.2) is 31.5 Å². The molecule has 2 amide bonds. The van der Waals surface area contributed by atoms with Crippen molar-refractivity contribution >= 4 is 17.5 Å². The molecule has 5 nitrogen and oxygen atoms in total. The Hall–Kier alpha value is -2.96. The van der Waals surface area contributed by atoms with Gasteiger partial charge in [0.2, 0.25) is 5.91 Å². The fourth-order valence-corrected chi connectivity index (χ4v) is 2.80. The number of hydrogen-bond acceptors (Lipinski definition) is 3. The standard InChI is InChI=1S/C19H18F2N2O3/c20-14-9-13(10-15(21)11-14)5-7-22-18(24)6-8-23-16-3-1-2-4-17(16)26-12-19(23)25/h1-4,9-11H,5-8,12H2,(H,22,24). The number of anilines is 1. The number of nitrogens with zero attached hydrogens (tertiary/aromatic N) is 1. The van der Waals surface area contributed by atoms with Crippen LogP contribution in [0.25, 0.3) is 0 Å². The summed E-state index contributed by atoms with van der Waals surface area (Å²) in [6, 6.07) is 10.4. The van der Waals surface area contributed by atoms with Crippen molar-refractivity contribution in [3.8, 4) is 5.75 Å². The molecule has 1 aliphatic heterocycles. The average Bonchev–Trinajstić information content (AvgIpc) is 2.60. The van der Waals surface area contributed by atoms with E-state index in [1.165, 1.54) is 17.0 Å². The molecule has 0 fully saturated rings. The fraction of sp³-hybridized carbons (Fsp3) is 0.263. The van der Waals surface area contributed by atoms with E-state index >= 15 is 0 Å². The fourth-order valence-electron chi connectivity index (χ4n) is 2.80. The molecular formula is C19H18F2N2O3. The number of halogens is 2. The Morgan fingerprint density at radius 3 is 2.65 bits per heavy atom. The van der Waals surface area contributed by atoms with Crippen LogP contribution in [0.5, 0.6) is 5.75 Å². The second kappa shape index (κ2) is 7.95. The van der Waals surface area contributed by atoms with Crippen LogP contribution < -0.4 is 15.0 Å². The first-order chi connectivity index (χ1) is 12.5. The van der Waals surface area contributed by atoms with Gasteiger partial charge in [0, 0.05) is 25.6 Å².